The van der Waals surface area contributed by atoms with Crippen LogP contribution < -0.4 is 0 Å². The first kappa shape index (κ1) is 29.5. The van der Waals surface area contributed by atoms with Crippen LogP contribution in [0, 0.1) is 11.6 Å². The molecule has 2 aliphatic heterocycles. The Balaban J connectivity index is 1.32. The maximum atomic E-state index is 14.3. The largest absolute Gasteiger partial charge is 0.369 e. The van der Waals surface area contributed by atoms with Gasteiger partial charge in [0, 0.05) is 44.3 Å². The molecule has 2 aromatic carbocycles. The topological polar surface area (TPSA) is 75.8 Å². The van der Waals surface area contributed by atoms with Gasteiger partial charge >= 0.3 is 0 Å². The van der Waals surface area contributed by atoms with E-state index in [0.717, 1.165) is 56.0 Å². The minimum Gasteiger partial charge on any atom is -0.369 e. The SMILES string of the molecule is CC(OCc1ccccc1F)C1=Cc2cc3[nH]c(cc4nc(cc5ccc(cc1n2)[nH]5)C=C4)cc3C(C)OCc1ccccc1F. The van der Waals surface area contributed by atoms with Gasteiger partial charge in [-0.3, -0.25) is 0 Å². The van der Waals surface area contributed by atoms with Gasteiger partial charge in [-0.1, -0.05) is 36.4 Å². The molecule has 0 saturated carbocycles. The molecule has 0 amide bonds. The predicted octanol–water partition coefficient (Wildman–Crippen LogP) is 9.19. The number of H-pyrrole nitrogens is 2. The van der Waals surface area contributed by atoms with Crippen molar-refractivity contribution < 1.29 is 18.3 Å². The molecule has 230 valence electrons. The number of halogens is 2. The third-order valence-corrected chi connectivity index (χ3v) is 8.12. The van der Waals surface area contributed by atoms with Gasteiger partial charge in [-0.2, -0.15) is 0 Å². The molecule has 0 spiro atoms. The van der Waals surface area contributed by atoms with E-state index in [1.54, 1.807) is 36.4 Å². The standard InChI is InChI=1S/C38H32F2N4O2/c1-23(45-21-25-7-3-5-9-35(25)39)33-17-31-16-29-12-11-27(41-29)15-28-13-14-30(42-28)19-37-34(18-32(44-37)20-38(33)43-31)24(2)46-22-26-8-4-6-10-36(26)40/h3-20,23-24,42-43H,21-22H2,1-2H3. The molecule has 2 N–H and O–H groups in total. The number of fused-ring (bicyclic) bond motifs is 8. The maximum absolute atomic E-state index is 14.3. The Bertz CT molecular complexity index is 2150. The van der Waals surface area contributed by atoms with Gasteiger partial charge < -0.3 is 19.4 Å². The molecule has 7 rings (SSSR count). The van der Waals surface area contributed by atoms with E-state index in [0.29, 0.717) is 11.1 Å². The fourth-order valence-corrected chi connectivity index (χ4v) is 5.63. The van der Waals surface area contributed by atoms with Gasteiger partial charge in [0.1, 0.15) is 11.6 Å². The van der Waals surface area contributed by atoms with Crippen LogP contribution in [0.2, 0.25) is 0 Å². The molecule has 2 unspecified atom stereocenters. The highest BCUT2D eigenvalue weighted by Crippen LogP contribution is 2.30. The quantitative estimate of drug-likeness (QED) is 0.179. The molecule has 2 aliphatic rings. The van der Waals surface area contributed by atoms with Crippen LogP contribution in [0.4, 0.5) is 8.78 Å². The summed E-state index contributed by atoms with van der Waals surface area (Å²) in [6.45, 7) is 4.16. The molecule has 8 bridgehead atoms. The van der Waals surface area contributed by atoms with Crippen LogP contribution in [-0.2, 0) is 22.7 Å². The van der Waals surface area contributed by atoms with Crippen molar-refractivity contribution in [3.05, 3.63) is 142 Å². The second-order valence-corrected chi connectivity index (χ2v) is 11.4. The summed E-state index contributed by atoms with van der Waals surface area (Å²) in [6, 6.07) is 27.2. The van der Waals surface area contributed by atoms with E-state index in [-0.39, 0.29) is 37.1 Å². The molecule has 8 heteroatoms. The monoisotopic (exact) mass is 614 g/mol. The van der Waals surface area contributed by atoms with Gasteiger partial charge in [-0.05, 0) is 86.7 Å². The van der Waals surface area contributed by atoms with Crippen molar-refractivity contribution in [1.29, 1.82) is 0 Å². The number of rotatable bonds is 8. The van der Waals surface area contributed by atoms with Crippen molar-refractivity contribution in [2.75, 3.05) is 0 Å². The number of hydrogen-bond acceptors (Lipinski definition) is 4. The fourth-order valence-electron chi connectivity index (χ4n) is 5.63. The van der Waals surface area contributed by atoms with E-state index in [9.17, 15) is 8.78 Å². The highest BCUT2D eigenvalue weighted by atomic mass is 19.1. The Hall–Kier alpha value is -5.18. The van der Waals surface area contributed by atoms with Gasteiger partial charge in [0.2, 0.25) is 0 Å². The van der Waals surface area contributed by atoms with Crippen LogP contribution in [-0.4, -0.2) is 26.0 Å². The second kappa shape index (κ2) is 12.7. The van der Waals surface area contributed by atoms with Gasteiger partial charge in [-0.25, -0.2) is 18.7 Å². The Morgan fingerprint density at radius 3 is 1.91 bits per heavy atom. The first-order valence-corrected chi connectivity index (χ1v) is 15.2. The van der Waals surface area contributed by atoms with Gasteiger partial charge in [0.15, 0.2) is 0 Å². The normalized spacial score (nSPS) is 13.9. The summed E-state index contributed by atoms with van der Waals surface area (Å²) in [5.41, 5.74) is 9.32. The van der Waals surface area contributed by atoms with E-state index >= 15 is 0 Å². The van der Waals surface area contributed by atoms with Gasteiger partial charge in [0.05, 0.1) is 48.2 Å². The second-order valence-electron chi connectivity index (χ2n) is 11.4. The highest BCUT2D eigenvalue weighted by Gasteiger charge is 2.20. The first-order chi connectivity index (χ1) is 22.4. The number of benzene rings is 2. The van der Waals surface area contributed by atoms with E-state index in [1.165, 1.54) is 12.1 Å². The zero-order valence-corrected chi connectivity index (χ0v) is 25.4. The summed E-state index contributed by atoms with van der Waals surface area (Å²) in [5, 5.41) is 0. The maximum Gasteiger partial charge on any atom is 0.128 e. The number of nitrogens with one attached hydrogen (secondary N) is 2. The van der Waals surface area contributed by atoms with Crippen LogP contribution in [0.15, 0.2) is 91.0 Å². The van der Waals surface area contributed by atoms with E-state index in [2.05, 4.69) is 9.97 Å². The number of aromatic nitrogens is 4. The Labute approximate surface area is 265 Å². The van der Waals surface area contributed by atoms with E-state index in [1.807, 2.05) is 74.5 Å². The lowest BCUT2D eigenvalue weighted by Gasteiger charge is -2.14. The highest BCUT2D eigenvalue weighted by molar-refractivity contribution is 5.87. The summed E-state index contributed by atoms with van der Waals surface area (Å²) < 4.78 is 41.0. The van der Waals surface area contributed by atoms with Crippen LogP contribution >= 0.6 is 0 Å². The number of ether oxygens (including phenoxy) is 2. The lowest BCUT2D eigenvalue weighted by molar-refractivity contribution is 0.0519. The van der Waals surface area contributed by atoms with Crippen molar-refractivity contribution in [2.45, 2.75) is 39.3 Å². The third-order valence-electron chi connectivity index (χ3n) is 8.12. The molecule has 0 saturated heterocycles. The third kappa shape index (κ3) is 6.44. The molecule has 6 nitrogen and oxygen atoms in total. The lowest BCUT2D eigenvalue weighted by atomic mass is 10.1. The zero-order chi connectivity index (χ0) is 31.6. The van der Waals surface area contributed by atoms with Crippen LogP contribution in [0.25, 0.3) is 45.9 Å². The molecule has 0 aliphatic carbocycles. The molecule has 5 aromatic rings. The molecule has 5 heterocycles. The molecular weight excluding hydrogens is 582 g/mol. The molecule has 3 aromatic heterocycles. The lowest BCUT2D eigenvalue weighted by Crippen LogP contribution is -2.10. The molecule has 0 radical (unpaired) electrons. The summed E-state index contributed by atoms with van der Waals surface area (Å²) in [5.74, 6) is -0.595. The number of nitrogens with zero attached hydrogens (tertiary/aromatic N) is 2. The van der Waals surface area contributed by atoms with Crippen molar-refractivity contribution in [3.63, 3.8) is 0 Å². The van der Waals surface area contributed by atoms with Crippen molar-refractivity contribution in [3.8, 4) is 0 Å². The van der Waals surface area contributed by atoms with Crippen molar-refractivity contribution in [1.82, 2.24) is 19.9 Å². The zero-order valence-electron chi connectivity index (χ0n) is 25.4. The Morgan fingerprint density at radius 2 is 1.24 bits per heavy atom. The van der Waals surface area contributed by atoms with E-state index in [4.69, 9.17) is 19.4 Å². The summed E-state index contributed by atoms with van der Waals surface area (Å²) in [7, 11) is 0. The van der Waals surface area contributed by atoms with Gasteiger partial charge in [-0.15, -0.1) is 0 Å². The van der Waals surface area contributed by atoms with Crippen molar-refractivity contribution in [2.24, 2.45) is 0 Å². The smallest absolute Gasteiger partial charge is 0.128 e. The molecular formula is C38H32F2N4O2. The Kier molecular flexibility index (Phi) is 8.13. The minimum absolute atomic E-state index is 0.129. The number of aromatic amines is 2. The molecule has 0 fully saturated rings. The van der Waals surface area contributed by atoms with Crippen LogP contribution in [0.3, 0.4) is 0 Å². The minimum atomic E-state index is -0.370. The Morgan fingerprint density at radius 1 is 0.630 bits per heavy atom. The van der Waals surface area contributed by atoms with Gasteiger partial charge in [0.25, 0.3) is 0 Å². The molecule has 2 atom stereocenters. The number of hydrogen-bond donors (Lipinski definition) is 2. The molecule has 46 heavy (non-hydrogen) atoms. The summed E-state index contributed by atoms with van der Waals surface area (Å²) in [4.78, 5) is 16.7. The summed E-state index contributed by atoms with van der Waals surface area (Å²) >= 11 is 0. The predicted molar refractivity (Wildman–Crippen MR) is 178 cm³/mol. The first-order valence-electron chi connectivity index (χ1n) is 15.2. The fraction of sp³-hybridized carbons (Fsp3) is 0.158. The van der Waals surface area contributed by atoms with E-state index < -0.39 is 0 Å². The summed E-state index contributed by atoms with van der Waals surface area (Å²) in [6.07, 6.45) is 5.22. The van der Waals surface area contributed by atoms with Crippen LogP contribution in [0.5, 0.6) is 0 Å². The average Bonchev–Trinajstić information content (AvgIpc) is 3.85. The van der Waals surface area contributed by atoms with Crippen LogP contribution in [0.1, 0.15) is 59.4 Å². The van der Waals surface area contributed by atoms with Crippen molar-refractivity contribution >= 4 is 45.9 Å². The average molecular weight is 615 g/mol.